The molecule has 0 radical (unpaired) electrons. The molecule has 2 rings (SSSR count). The lowest BCUT2D eigenvalue weighted by molar-refractivity contribution is -0.119. The number of carbonyl (C=O) groups is 1. The van der Waals surface area contributed by atoms with Gasteiger partial charge >= 0.3 is 0 Å². The van der Waals surface area contributed by atoms with Crippen LogP contribution in [0.1, 0.15) is 6.42 Å². The summed E-state index contributed by atoms with van der Waals surface area (Å²) in [4.78, 5) is 11.6. The van der Waals surface area contributed by atoms with Crippen LogP contribution < -0.4 is 10.6 Å². The summed E-state index contributed by atoms with van der Waals surface area (Å²) < 4.78 is 13.2. The van der Waals surface area contributed by atoms with Gasteiger partial charge in [-0.1, -0.05) is 12.1 Å². The maximum absolute atomic E-state index is 13.2. The monoisotopic (exact) mass is 244 g/mol. The minimum Gasteiger partial charge on any atom is -0.323 e. The van der Waals surface area contributed by atoms with Crippen LogP contribution in [0.4, 0.5) is 10.1 Å². The van der Waals surface area contributed by atoms with Crippen LogP contribution in [0.25, 0.3) is 0 Å². The van der Waals surface area contributed by atoms with E-state index in [1.54, 1.807) is 18.2 Å². The highest BCUT2D eigenvalue weighted by atomic mass is 35.5. The van der Waals surface area contributed by atoms with Crippen molar-refractivity contribution >= 4 is 24.0 Å². The smallest absolute Gasteiger partial charge is 0.228 e. The summed E-state index contributed by atoms with van der Waals surface area (Å²) in [5, 5.41) is 5.70. The lowest BCUT2D eigenvalue weighted by Gasteiger charge is -2.10. The highest BCUT2D eigenvalue weighted by Gasteiger charge is 2.22. The minimum atomic E-state index is -0.392. The highest BCUT2D eigenvalue weighted by molar-refractivity contribution is 5.93. The van der Waals surface area contributed by atoms with Crippen LogP contribution in [0.15, 0.2) is 24.3 Å². The molecular weight excluding hydrogens is 231 g/mol. The van der Waals surface area contributed by atoms with Gasteiger partial charge in [0.2, 0.25) is 5.91 Å². The molecule has 1 amide bonds. The van der Waals surface area contributed by atoms with Crippen molar-refractivity contribution in [1.29, 1.82) is 0 Å². The van der Waals surface area contributed by atoms with Crippen molar-refractivity contribution in [2.75, 3.05) is 18.4 Å². The Kier molecular flexibility index (Phi) is 4.71. The molecule has 1 heterocycles. The van der Waals surface area contributed by atoms with Crippen molar-refractivity contribution in [3.05, 3.63) is 30.1 Å². The Morgan fingerprint density at radius 3 is 2.81 bits per heavy atom. The molecule has 88 valence electrons. The molecule has 1 aliphatic rings. The average molecular weight is 245 g/mol. The maximum Gasteiger partial charge on any atom is 0.228 e. The van der Waals surface area contributed by atoms with E-state index in [0.717, 1.165) is 13.0 Å². The van der Waals surface area contributed by atoms with Gasteiger partial charge in [-0.05, 0) is 25.1 Å². The van der Waals surface area contributed by atoms with Crippen LogP contribution in [0.3, 0.4) is 0 Å². The fraction of sp³-hybridized carbons (Fsp3) is 0.364. The van der Waals surface area contributed by atoms with Gasteiger partial charge in [0.1, 0.15) is 5.82 Å². The first-order valence-electron chi connectivity index (χ1n) is 5.03. The second-order valence-electron chi connectivity index (χ2n) is 3.66. The van der Waals surface area contributed by atoms with Crippen molar-refractivity contribution in [3.63, 3.8) is 0 Å². The normalized spacial score (nSPS) is 18.9. The Morgan fingerprint density at radius 1 is 1.44 bits per heavy atom. The summed E-state index contributed by atoms with van der Waals surface area (Å²) in [5.41, 5.74) is 0.259. The Labute approximate surface area is 99.8 Å². The van der Waals surface area contributed by atoms with Crippen LogP contribution in [0.2, 0.25) is 0 Å². The zero-order chi connectivity index (χ0) is 10.7. The summed E-state index contributed by atoms with van der Waals surface area (Å²) in [6.45, 7) is 1.54. The molecule has 0 spiro atoms. The summed E-state index contributed by atoms with van der Waals surface area (Å²) in [6, 6.07) is 6.20. The van der Waals surface area contributed by atoms with Gasteiger partial charge in [0.25, 0.3) is 0 Å². The Balaban J connectivity index is 0.00000128. The molecule has 1 aliphatic heterocycles. The predicted octanol–water partition coefficient (Wildman–Crippen LogP) is 1.80. The number of rotatable bonds is 2. The van der Waals surface area contributed by atoms with E-state index in [4.69, 9.17) is 0 Å². The number of carbonyl (C=O) groups excluding carboxylic acids is 1. The number of benzene rings is 1. The van der Waals surface area contributed by atoms with Gasteiger partial charge in [0.15, 0.2) is 0 Å². The number of halogens is 2. The standard InChI is InChI=1S/C11H13FN2O.ClH/c12-9-3-1-2-4-10(9)14-11(15)8-5-6-13-7-8;/h1-4,8,13H,5-7H2,(H,14,15);1H/t8-;/m1./s1. The molecule has 0 aliphatic carbocycles. The average Bonchev–Trinajstić information content (AvgIpc) is 2.74. The van der Waals surface area contributed by atoms with Crippen LogP contribution in [-0.2, 0) is 4.79 Å². The molecule has 0 unspecified atom stereocenters. The van der Waals surface area contributed by atoms with Gasteiger partial charge in [-0.15, -0.1) is 12.4 Å². The molecule has 2 N–H and O–H groups in total. The largest absolute Gasteiger partial charge is 0.323 e. The van der Waals surface area contributed by atoms with Crippen molar-refractivity contribution in [1.82, 2.24) is 5.32 Å². The highest BCUT2D eigenvalue weighted by Crippen LogP contribution is 2.15. The first-order valence-corrected chi connectivity index (χ1v) is 5.03. The van der Waals surface area contributed by atoms with E-state index < -0.39 is 5.82 Å². The Hall–Kier alpha value is -1.13. The maximum atomic E-state index is 13.2. The van der Waals surface area contributed by atoms with Crippen molar-refractivity contribution in [2.45, 2.75) is 6.42 Å². The molecule has 3 nitrogen and oxygen atoms in total. The molecular formula is C11H14ClFN2O. The van der Waals surface area contributed by atoms with Crippen LogP contribution in [0, 0.1) is 11.7 Å². The molecule has 0 aromatic heterocycles. The first kappa shape index (κ1) is 12.9. The minimum absolute atomic E-state index is 0. The summed E-state index contributed by atoms with van der Waals surface area (Å²) in [7, 11) is 0. The van der Waals surface area contributed by atoms with Crippen LogP contribution in [-0.4, -0.2) is 19.0 Å². The zero-order valence-corrected chi connectivity index (χ0v) is 9.52. The number of anilines is 1. The van der Waals surface area contributed by atoms with E-state index in [2.05, 4.69) is 10.6 Å². The van der Waals surface area contributed by atoms with Crippen molar-refractivity contribution in [3.8, 4) is 0 Å². The van der Waals surface area contributed by atoms with Gasteiger partial charge in [-0.2, -0.15) is 0 Å². The van der Waals surface area contributed by atoms with Crippen LogP contribution in [0.5, 0.6) is 0 Å². The molecule has 1 atom stereocenters. The fourth-order valence-corrected chi connectivity index (χ4v) is 1.68. The first-order chi connectivity index (χ1) is 7.27. The third-order valence-corrected chi connectivity index (χ3v) is 2.56. The summed E-state index contributed by atoms with van der Waals surface area (Å²) in [5.74, 6) is -0.536. The molecule has 1 saturated heterocycles. The second-order valence-corrected chi connectivity index (χ2v) is 3.66. The Morgan fingerprint density at radius 2 is 2.19 bits per heavy atom. The Bertz CT molecular complexity index is 367. The summed E-state index contributed by atoms with van der Waals surface area (Å²) in [6.07, 6.45) is 0.820. The van der Waals surface area contributed by atoms with Crippen molar-refractivity contribution < 1.29 is 9.18 Å². The zero-order valence-electron chi connectivity index (χ0n) is 8.70. The van der Waals surface area contributed by atoms with E-state index in [9.17, 15) is 9.18 Å². The van der Waals surface area contributed by atoms with E-state index in [1.807, 2.05) is 0 Å². The third kappa shape index (κ3) is 2.93. The van der Waals surface area contributed by atoms with Gasteiger partial charge in [-0.3, -0.25) is 4.79 Å². The van der Waals surface area contributed by atoms with E-state index in [-0.39, 0.29) is 29.9 Å². The van der Waals surface area contributed by atoms with Crippen LogP contribution >= 0.6 is 12.4 Å². The lowest BCUT2D eigenvalue weighted by atomic mass is 10.1. The summed E-state index contributed by atoms with van der Waals surface area (Å²) >= 11 is 0. The number of para-hydroxylation sites is 1. The SMILES string of the molecule is Cl.O=C(Nc1ccccc1F)[C@@H]1CCNC1. The quantitative estimate of drug-likeness (QED) is 0.833. The van der Waals surface area contributed by atoms with Gasteiger partial charge in [0.05, 0.1) is 11.6 Å². The van der Waals surface area contributed by atoms with E-state index >= 15 is 0 Å². The fourth-order valence-electron chi connectivity index (χ4n) is 1.68. The number of hydrogen-bond acceptors (Lipinski definition) is 2. The van der Waals surface area contributed by atoms with Gasteiger partial charge in [-0.25, -0.2) is 4.39 Å². The number of amides is 1. The van der Waals surface area contributed by atoms with E-state index in [0.29, 0.717) is 6.54 Å². The number of nitrogens with one attached hydrogen (secondary N) is 2. The molecule has 0 saturated carbocycles. The predicted molar refractivity (Wildman–Crippen MR) is 63.3 cm³/mol. The molecule has 1 aromatic carbocycles. The van der Waals surface area contributed by atoms with E-state index in [1.165, 1.54) is 6.07 Å². The molecule has 0 bridgehead atoms. The van der Waals surface area contributed by atoms with Gasteiger partial charge < -0.3 is 10.6 Å². The number of hydrogen-bond donors (Lipinski definition) is 2. The lowest BCUT2D eigenvalue weighted by Crippen LogP contribution is -2.25. The molecule has 5 heteroatoms. The molecule has 1 fully saturated rings. The van der Waals surface area contributed by atoms with Crippen molar-refractivity contribution in [2.24, 2.45) is 5.92 Å². The second kappa shape index (κ2) is 5.82. The topological polar surface area (TPSA) is 41.1 Å². The molecule has 16 heavy (non-hydrogen) atoms. The van der Waals surface area contributed by atoms with Gasteiger partial charge in [0, 0.05) is 6.54 Å². The molecule has 1 aromatic rings. The third-order valence-electron chi connectivity index (χ3n) is 2.56.